The van der Waals surface area contributed by atoms with E-state index in [1.54, 1.807) is 0 Å². The minimum absolute atomic E-state index is 0.572. The standard InChI is InChI=1S/C42H36N2O2/c1-3-7-33(8-4-1)29-45-39-25-13-31(14-26-39)11-21-37-23-19-35-17-18-36-20-24-38(44-42(36)41(35)43-37)22-12-32-15-27-40(28-16-32)46-30-34-9-5-2-6-10-34/h1-10,13-20,23-28H,11-12,21-22,29-30H2. The summed E-state index contributed by atoms with van der Waals surface area (Å²) in [7, 11) is 0. The van der Waals surface area contributed by atoms with Crippen molar-refractivity contribution < 1.29 is 9.47 Å². The van der Waals surface area contributed by atoms with Crippen LogP contribution in [0, 0.1) is 0 Å². The first kappa shape index (κ1) is 29.2. The highest BCUT2D eigenvalue weighted by molar-refractivity contribution is 6.02. The summed E-state index contributed by atoms with van der Waals surface area (Å²) in [5.74, 6) is 1.77. The summed E-state index contributed by atoms with van der Waals surface area (Å²) in [5, 5.41) is 2.24. The average molecular weight is 601 g/mol. The van der Waals surface area contributed by atoms with E-state index in [2.05, 4.69) is 109 Å². The molecule has 0 radical (unpaired) electrons. The molecule has 0 atom stereocenters. The fourth-order valence-corrected chi connectivity index (χ4v) is 5.66. The molecular formula is C42H36N2O2. The lowest BCUT2D eigenvalue weighted by Crippen LogP contribution is -1.99. The largest absolute Gasteiger partial charge is 0.489 e. The Morgan fingerprint density at radius 3 is 1.15 bits per heavy atom. The quantitative estimate of drug-likeness (QED) is 0.131. The van der Waals surface area contributed by atoms with E-state index in [1.807, 2.05) is 36.4 Å². The molecule has 0 N–H and O–H groups in total. The lowest BCUT2D eigenvalue weighted by molar-refractivity contribution is 0.306. The van der Waals surface area contributed by atoms with Gasteiger partial charge in [0.1, 0.15) is 24.7 Å². The highest BCUT2D eigenvalue weighted by atomic mass is 16.5. The van der Waals surface area contributed by atoms with Crippen LogP contribution in [0.15, 0.2) is 146 Å². The Bertz CT molecular complexity index is 1870. The van der Waals surface area contributed by atoms with Gasteiger partial charge >= 0.3 is 0 Å². The number of aryl methyl sites for hydroxylation is 4. The molecule has 7 aromatic rings. The Labute approximate surface area is 270 Å². The van der Waals surface area contributed by atoms with E-state index in [1.165, 1.54) is 22.3 Å². The summed E-state index contributed by atoms with van der Waals surface area (Å²) in [6.07, 6.45) is 3.55. The van der Waals surface area contributed by atoms with Gasteiger partial charge < -0.3 is 9.47 Å². The summed E-state index contributed by atoms with van der Waals surface area (Å²) in [6, 6.07) is 50.2. The molecule has 4 heteroatoms. The number of rotatable bonds is 12. The van der Waals surface area contributed by atoms with Gasteiger partial charge in [0.25, 0.3) is 0 Å². The summed E-state index contributed by atoms with van der Waals surface area (Å²) in [6.45, 7) is 1.14. The highest BCUT2D eigenvalue weighted by Crippen LogP contribution is 2.25. The second kappa shape index (κ2) is 14.1. The van der Waals surface area contributed by atoms with Gasteiger partial charge in [0.15, 0.2) is 0 Å². The molecule has 0 amide bonds. The van der Waals surface area contributed by atoms with Gasteiger partial charge in [0.05, 0.1) is 11.0 Å². The monoisotopic (exact) mass is 600 g/mol. The predicted octanol–water partition coefficient (Wildman–Crippen LogP) is 9.51. The van der Waals surface area contributed by atoms with E-state index < -0.39 is 0 Å². The van der Waals surface area contributed by atoms with Gasteiger partial charge in [0.2, 0.25) is 0 Å². The van der Waals surface area contributed by atoms with Crippen LogP contribution in [-0.4, -0.2) is 9.97 Å². The Kier molecular flexibility index (Phi) is 8.96. The molecule has 0 aliphatic heterocycles. The van der Waals surface area contributed by atoms with E-state index in [-0.39, 0.29) is 0 Å². The Balaban J connectivity index is 0.981. The number of ether oxygens (including phenoxy) is 2. The molecule has 7 rings (SSSR count). The minimum Gasteiger partial charge on any atom is -0.489 e. The zero-order valence-electron chi connectivity index (χ0n) is 25.8. The smallest absolute Gasteiger partial charge is 0.119 e. The SMILES string of the molecule is c1ccc(COc2ccc(CCc3ccc4ccc5ccc(CCc6ccc(OCc7ccccc7)cc6)nc5c4n3)cc2)cc1. The van der Waals surface area contributed by atoms with E-state index in [4.69, 9.17) is 19.4 Å². The van der Waals surface area contributed by atoms with Gasteiger partial charge in [-0.2, -0.15) is 0 Å². The van der Waals surface area contributed by atoms with Crippen molar-refractivity contribution in [1.82, 2.24) is 9.97 Å². The van der Waals surface area contributed by atoms with E-state index in [0.717, 1.165) is 70.4 Å². The van der Waals surface area contributed by atoms with Crippen LogP contribution in [0.1, 0.15) is 33.6 Å². The Hall–Kier alpha value is -5.48. The highest BCUT2D eigenvalue weighted by Gasteiger charge is 2.08. The topological polar surface area (TPSA) is 44.2 Å². The first-order valence-corrected chi connectivity index (χ1v) is 15.9. The van der Waals surface area contributed by atoms with Gasteiger partial charge in [0, 0.05) is 22.2 Å². The van der Waals surface area contributed by atoms with Crippen molar-refractivity contribution in [2.75, 3.05) is 0 Å². The third-order valence-electron chi connectivity index (χ3n) is 8.32. The van der Waals surface area contributed by atoms with Crippen LogP contribution < -0.4 is 9.47 Å². The number of pyridine rings is 2. The number of nitrogens with zero attached hydrogens (tertiary/aromatic N) is 2. The average Bonchev–Trinajstić information content (AvgIpc) is 3.13. The molecule has 0 bridgehead atoms. The van der Waals surface area contributed by atoms with Crippen LogP contribution in [0.3, 0.4) is 0 Å². The van der Waals surface area contributed by atoms with Crippen LogP contribution >= 0.6 is 0 Å². The van der Waals surface area contributed by atoms with Gasteiger partial charge in [-0.1, -0.05) is 109 Å². The van der Waals surface area contributed by atoms with Gasteiger partial charge in [-0.3, -0.25) is 9.97 Å². The van der Waals surface area contributed by atoms with Crippen LogP contribution in [0.25, 0.3) is 21.8 Å². The maximum absolute atomic E-state index is 5.95. The van der Waals surface area contributed by atoms with Crippen molar-refractivity contribution in [3.63, 3.8) is 0 Å². The molecule has 2 heterocycles. The number of hydrogen-bond donors (Lipinski definition) is 0. The van der Waals surface area contributed by atoms with E-state index in [9.17, 15) is 0 Å². The summed E-state index contributed by atoms with van der Waals surface area (Å²) in [4.78, 5) is 10.2. The maximum atomic E-state index is 5.95. The molecule has 0 aliphatic rings. The van der Waals surface area contributed by atoms with Crippen LogP contribution in [-0.2, 0) is 38.9 Å². The maximum Gasteiger partial charge on any atom is 0.119 e. The molecule has 0 saturated carbocycles. The fraction of sp³-hybridized carbons (Fsp3) is 0.143. The second-order valence-electron chi connectivity index (χ2n) is 11.7. The zero-order valence-corrected chi connectivity index (χ0v) is 25.8. The Morgan fingerprint density at radius 2 is 0.739 bits per heavy atom. The molecule has 226 valence electrons. The van der Waals surface area contributed by atoms with Crippen molar-refractivity contribution in [2.24, 2.45) is 0 Å². The summed E-state index contributed by atoms with van der Waals surface area (Å²) in [5.41, 5.74) is 8.96. The lowest BCUT2D eigenvalue weighted by atomic mass is 10.0. The molecule has 0 saturated heterocycles. The van der Waals surface area contributed by atoms with Crippen molar-refractivity contribution in [3.05, 3.63) is 179 Å². The lowest BCUT2D eigenvalue weighted by Gasteiger charge is -2.09. The number of benzene rings is 5. The van der Waals surface area contributed by atoms with Crippen molar-refractivity contribution >= 4 is 21.8 Å². The molecule has 0 unspecified atom stereocenters. The third kappa shape index (κ3) is 7.41. The zero-order chi connectivity index (χ0) is 31.0. The summed E-state index contributed by atoms with van der Waals surface area (Å²) < 4.78 is 11.9. The third-order valence-corrected chi connectivity index (χ3v) is 8.32. The van der Waals surface area contributed by atoms with Crippen molar-refractivity contribution in [3.8, 4) is 11.5 Å². The van der Waals surface area contributed by atoms with Gasteiger partial charge in [-0.15, -0.1) is 0 Å². The number of fused-ring (bicyclic) bond motifs is 3. The molecule has 46 heavy (non-hydrogen) atoms. The van der Waals surface area contributed by atoms with Crippen molar-refractivity contribution in [2.45, 2.75) is 38.9 Å². The normalized spacial score (nSPS) is 11.1. The predicted molar refractivity (Wildman–Crippen MR) is 186 cm³/mol. The summed E-state index contributed by atoms with van der Waals surface area (Å²) >= 11 is 0. The molecule has 4 nitrogen and oxygen atoms in total. The molecule has 0 aliphatic carbocycles. The molecular weight excluding hydrogens is 564 g/mol. The first-order valence-electron chi connectivity index (χ1n) is 15.9. The molecule has 2 aromatic heterocycles. The van der Waals surface area contributed by atoms with E-state index in [0.29, 0.717) is 13.2 Å². The van der Waals surface area contributed by atoms with Crippen LogP contribution in [0.5, 0.6) is 11.5 Å². The van der Waals surface area contributed by atoms with Crippen LogP contribution in [0.4, 0.5) is 0 Å². The minimum atomic E-state index is 0.572. The van der Waals surface area contributed by atoms with Crippen LogP contribution in [0.2, 0.25) is 0 Å². The van der Waals surface area contributed by atoms with Gasteiger partial charge in [-0.25, -0.2) is 0 Å². The van der Waals surface area contributed by atoms with E-state index >= 15 is 0 Å². The van der Waals surface area contributed by atoms with Gasteiger partial charge in [-0.05, 0) is 84.3 Å². The molecule has 0 fully saturated rings. The first-order chi connectivity index (χ1) is 22.7. The Morgan fingerprint density at radius 1 is 0.348 bits per heavy atom. The molecule has 5 aromatic carbocycles. The number of hydrogen-bond acceptors (Lipinski definition) is 4. The second-order valence-corrected chi connectivity index (χ2v) is 11.7. The number of aromatic nitrogens is 2. The fourth-order valence-electron chi connectivity index (χ4n) is 5.66. The molecule has 0 spiro atoms. The van der Waals surface area contributed by atoms with Crippen molar-refractivity contribution in [1.29, 1.82) is 0 Å².